The largest absolute Gasteiger partial charge is 0.354 e. The predicted octanol–water partition coefficient (Wildman–Crippen LogP) is 3.32. The number of ether oxygens (including phenoxy) is 2. The van der Waals surface area contributed by atoms with Crippen LogP contribution in [0.3, 0.4) is 0 Å². The molecule has 0 unspecified atom stereocenters. The molecule has 32 heavy (non-hydrogen) atoms. The van der Waals surface area contributed by atoms with Crippen LogP contribution >= 0.6 is 0 Å². The second-order valence-corrected chi connectivity index (χ2v) is 7.09. The zero-order chi connectivity index (χ0) is 22.7. The third-order valence-electron chi connectivity index (χ3n) is 4.94. The van der Waals surface area contributed by atoms with Crippen molar-refractivity contribution in [2.24, 2.45) is 0 Å². The molecule has 0 aliphatic heterocycles. The molecule has 0 saturated carbocycles. The van der Waals surface area contributed by atoms with E-state index in [0.717, 1.165) is 6.07 Å². The van der Waals surface area contributed by atoms with Crippen LogP contribution in [0.15, 0.2) is 53.5 Å². The molecule has 0 atom stereocenters. The Hall–Kier alpha value is -3.56. The number of pyridine rings is 1. The first-order valence-electron chi connectivity index (χ1n) is 10.3. The van der Waals surface area contributed by atoms with Gasteiger partial charge in [0.1, 0.15) is 17.2 Å². The third kappa shape index (κ3) is 4.39. The fraction of sp³-hybridized carbons (Fsp3) is 0.261. The number of nitrogens with one attached hydrogen (secondary N) is 2. The Balaban J connectivity index is 1.54. The van der Waals surface area contributed by atoms with Gasteiger partial charge in [-0.25, -0.2) is 9.37 Å². The van der Waals surface area contributed by atoms with Crippen molar-refractivity contribution >= 4 is 22.5 Å². The third-order valence-corrected chi connectivity index (χ3v) is 4.94. The minimum absolute atomic E-state index is 0.0267. The Kier molecular flexibility index (Phi) is 6.29. The van der Waals surface area contributed by atoms with E-state index in [2.05, 4.69) is 15.3 Å². The predicted molar refractivity (Wildman–Crippen MR) is 117 cm³/mol. The molecule has 2 N–H and O–H groups in total. The first kappa shape index (κ1) is 21.7. The van der Waals surface area contributed by atoms with Crippen molar-refractivity contribution in [2.45, 2.75) is 26.7 Å². The SMILES string of the molecule is CCOC(OCC)c1cc2cc(F)c(CNC(=O)c3cc(=O)n4ccccc4n3)cc2[nH]1. The highest BCUT2D eigenvalue weighted by atomic mass is 19.1. The summed E-state index contributed by atoms with van der Waals surface area (Å²) in [5.74, 6) is -1.02. The molecule has 0 bridgehead atoms. The molecule has 0 fully saturated rings. The van der Waals surface area contributed by atoms with E-state index in [1.807, 2.05) is 13.8 Å². The van der Waals surface area contributed by atoms with Crippen LogP contribution in [0.5, 0.6) is 0 Å². The number of aromatic nitrogens is 3. The van der Waals surface area contributed by atoms with Crippen molar-refractivity contribution in [2.75, 3.05) is 13.2 Å². The number of fused-ring (bicyclic) bond motifs is 2. The summed E-state index contributed by atoms with van der Waals surface area (Å²) in [6, 6.07) is 11.0. The van der Waals surface area contributed by atoms with Crippen molar-refractivity contribution in [3.63, 3.8) is 0 Å². The quantitative estimate of drug-likeness (QED) is 0.412. The van der Waals surface area contributed by atoms with Gasteiger partial charge in [-0.1, -0.05) is 6.07 Å². The number of benzene rings is 1. The van der Waals surface area contributed by atoms with Gasteiger partial charge in [0.15, 0.2) is 6.29 Å². The molecule has 3 aromatic heterocycles. The van der Waals surface area contributed by atoms with E-state index in [1.165, 1.54) is 10.5 Å². The smallest absolute Gasteiger partial charge is 0.270 e. The molecule has 3 heterocycles. The summed E-state index contributed by atoms with van der Waals surface area (Å²) in [5, 5.41) is 3.30. The van der Waals surface area contributed by atoms with Crippen LogP contribution in [0.1, 0.15) is 41.9 Å². The average Bonchev–Trinajstić information content (AvgIpc) is 3.19. The number of nitrogens with zero attached hydrogens (tertiary/aromatic N) is 2. The van der Waals surface area contributed by atoms with Crippen LogP contribution in [0.2, 0.25) is 0 Å². The lowest BCUT2D eigenvalue weighted by atomic mass is 10.1. The van der Waals surface area contributed by atoms with Crippen LogP contribution in [0.4, 0.5) is 4.39 Å². The Morgan fingerprint density at radius 3 is 2.72 bits per heavy atom. The van der Waals surface area contributed by atoms with Gasteiger partial charge < -0.3 is 19.8 Å². The first-order valence-corrected chi connectivity index (χ1v) is 10.3. The van der Waals surface area contributed by atoms with Gasteiger partial charge in [0.05, 0.1) is 5.69 Å². The molecule has 8 nitrogen and oxygen atoms in total. The van der Waals surface area contributed by atoms with E-state index in [9.17, 15) is 14.0 Å². The summed E-state index contributed by atoms with van der Waals surface area (Å²) >= 11 is 0. The molecule has 9 heteroatoms. The maximum Gasteiger partial charge on any atom is 0.270 e. The highest BCUT2D eigenvalue weighted by Crippen LogP contribution is 2.26. The summed E-state index contributed by atoms with van der Waals surface area (Å²) in [7, 11) is 0. The maximum atomic E-state index is 14.7. The second-order valence-electron chi connectivity index (χ2n) is 7.09. The van der Waals surface area contributed by atoms with Crippen molar-refractivity contribution in [3.05, 3.63) is 81.8 Å². The molecular formula is C23H23FN4O4. The van der Waals surface area contributed by atoms with Gasteiger partial charge in [-0.2, -0.15) is 0 Å². The number of carbonyl (C=O) groups is 1. The van der Waals surface area contributed by atoms with E-state index in [0.29, 0.717) is 41.0 Å². The van der Waals surface area contributed by atoms with Gasteiger partial charge in [-0.05, 0) is 44.2 Å². The molecule has 0 radical (unpaired) electrons. The summed E-state index contributed by atoms with van der Waals surface area (Å²) in [5.41, 5.74) is 1.63. The van der Waals surface area contributed by atoms with Crippen LogP contribution in [-0.2, 0) is 16.0 Å². The zero-order valence-electron chi connectivity index (χ0n) is 17.7. The molecule has 4 aromatic rings. The summed E-state index contributed by atoms with van der Waals surface area (Å²) in [4.78, 5) is 32.1. The lowest BCUT2D eigenvalue weighted by Gasteiger charge is -2.15. The van der Waals surface area contributed by atoms with Gasteiger partial charge in [0.25, 0.3) is 11.5 Å². The summed E-state index contributed by atoms with van der Waals surface area (Å²) in [6.45, 7) is 4.61. The zero-order valence-corrected chi connectivity index (χ0v) is 17.7. The molecule has 166 valence electrons. The van der Waals surface area contributed by atoms with Gasteiger partial charge in [-0.3, -0.25) is 14.0 Å². The Morgan fingerprint density at radius 1 is 1.19 bits per heavy atom. The fourth-order valence-electron chi connectivity index (χ4n) is 3.45. The molecule has 0 spiro atoms. The van der Waals surface area contributed by atoms with E-state index in [-0.39, 0.29) is 17.8 Å². The minimum atomic E-state index is -0.568. The highest BCUT2D eigenvalue weighted by molar-refractivity contribution is 5.92. The van der Waals surface area contributed by atoms with E-state index in [1.54, 1.807) is 36.5 Å². The number of H-pyrrole nitrogens is 1. The lowest BCUT2D eigenvalue weighted by molar-refractivity contribution is -0.142. The molecule has 0 aliphatic rings. The molecule has 4 rings (SSSR count). The van der Waals surface area contributed by atoms with E-state index >= 15 is 0 Å². The van der Waals surface area contributed by atoms with Crippen molar-refractivity contribution in [1.29, 1.82) is 0 Å². The van der Waals surface area contributed by atoms with Crippen molar-refractivity contribution < 1.29 is 18.7 Å². The van der Waals surface area contributed by atoms with Crippen molar-refractivity contribution in [3.8, 4) is 0 Å². The normalized spacial score (nSPS) is 11.5. The highest BCUT2D eigenvalue weighted by Gasteiger charge is 2.17. The van der Waals surface area contributed by atoms with Gasteiger partial charge in [0.2, 0.25) is 0 Å². The van der Waals surface area contributed by atoms with E-state index in [4.69, 9.17) is 9.47 Å². The van der Waals surface area contributed by atoms with E-state index < -0.39 is 18.0 Å². The topological polar surface area (TPSA) is 97.7 Å². The number of amides is 1. The first-order chi connectivity index (χ1) is 15.5. The molecule has 1 amide bonds. The number of rotatable bonds is 8. The number of aromatic amines is 1. The number of hydrogen-bond donors (Lipinski definition) is 2. The molecule has 1 aromatic carbocycles. The van der Waals surface area contributed by atoms with Crippen LogP contribution in [0, 0.1) is 5.82 Å². The Labute approximate surface area is 183 Å². The van der Waals surface area contributed by atoms with Crippen LogP contribution < -0.4 is 10.9 Å². The summed E-state index contributed by atoms with van der Waals surface area (Å²) < 4.78 is 27.2. The maximum absolute atomic E-state index is 14.7. The number of carbonyl (C=O) groups excluding carboxylic acids is 1. The summed E-state index contributed by atoms with van der Waals surface area (Å²) in [6.07, 6.45) is 1.00. The minimum Gasteiger partial charge on any atom is -0.354 e. The lowest BCUT2D eigenvalue weighted by Crippen LogP contribution is -2.27. The average molecular weight is 438 g/mol. The molecule has 0 aliphatic carbocycles. The van der Waals surface area contributed by atoms with Gasteiger partial charge in [0, 0.05) is 48.5 Å². The molecular weight excluding hydrogens is 415 g/mol. The second kappa shape index (κ2) is 9.29. The number of halogens is 1. The number of hydrogen-bond acceptors (Lipinski definition) is 5. The Morgan fingerprint density at radius 2 is 1.97 bits per heavy atom. The fourth-order valence-corrected chi connectivity index (χ4v) is 3.45. The van der Waals surface area contributed by atoms with Crippen molar-refractivity contribution in [1.82, 2.24) is 19.7 Å². The van der Waals surface area contributed by atoms with Crippen LogP contribution in [-0.4, -0.2) is 33.5 Å². The van der Waals surface area contributed by atoms with Gasteiger partial charge >= 0.3 is 0 Å². The standard InChI is InChI=1S/C23H23FN4O4/c1-3-31-23(32-4-2)19-10-14-9-16(24)15(11-17(14)26-19)13-25-22(30)18-12-21(29)28-8-6-5-7-20(28)27-18/h5-12,23,26H,3-4,13H2,1-2H3,(H,25,30). The monoisotopic (exact) mass is 438 g/mol. The molecule has 0 saturated heterocycles. The Bertz CT molecular complexity index is 1320. The van der Waals surface area contributed by atoms with Crippen LogP contribution in [0.25, 0.3) is 16.6 Å². The van der Waals surface area contributed by atoms with Gasteiger partial charge in [-0.15, -0.1) is 0 Å².